The van der Waals surface area contributed by atoms with Gasteiger partial charge in [0.05, 0.1) is 11.5 Å². The summed E-state index contributed by atoms with van der Waals surface area (Å²) < 4.78 is 1.63. The predicted octanol–water partition coefficient (Wildman–Crippen LogP) is 4.51. The van der Waals surface area contributed by atoms with Crippen LogP contribution in [0.5, 0.6) is 0 Å². The molecule has 3 rings (SSSR count). The molecule has 0 atom stereocenters. The molecular formula is C23H26N4O3. The van der Waals surface area contributed by atoms with Gasteiger partial charge in [0.15, 0.2) is 0 Å². The number of carbonyl (C=O) groups is 1. The lowest BCUT2D eigenvalue weighted by Crippen LogP contribution is -2.36. The number of carbonyl (C=O) groups excluding carboxylic acids is 1. The minimum atomic E-state index is -0.400. The number of nitro groups is 1. The normalized spacial score (nSPS) is 11.0. The molecule has 0 fully saturated rings. The highest BCUT2D eigenvalue weighted by Crippen LogP contribution is 2.23. The molecule has 0 radical (unpaired) electrons. The van der Waals surface area contributed by atoms with Crippen molar-refractivity contribution in [3.05, 3.63) is 92.8 Å². The summed E-state index contributed by atoms with van der Waals surface area (Å²) in [6, 6.07) is 17.3. The van der Waals surface area contributed by atoms with Gasteiger partial charge in [0, 0.05) is 18.2 Å². The van der Waals surface area contributed by atoms with Crippen LogP contribution >= 0.6 is 0 Å². The zero-order valence-corrected chi connectivity index (χ0v) is 17.7. The first kappa shape index (κ1) is 21.2. The summed E-state index contributed by atoms with van der Waals surface area (Å²) in [6.07, 6.45) is 0. The van der Waals surface area contributed by atoms with Crippen molar-refractivity contribution in [3.8, 4) is 0 Å². The Hall–Kier alpha value is -3.48. The van der Waals surface area contributed by atoms with E-state index in [1.807, 2.05) is 61.2 Å². The number of rotatable bonds is 7. The fourth-order valence-corrected chi connectivity index (χ4v) is 3.47. The minimum Gasteiger partial charge on any atom is -0.332 e. The molecule has 156 valence electrons. The van der Waals surface area contributed by atoms with Gasteiger partial charge in [0.25, 0.3) is 5.91 Å². The van der Waals surface area contributed by atoms with E-state index < -0.39 is 4.92 Å². The minimum absolute atomic E-state index is 0.0258. The van der Waals surface area contributed by atoms with E-state index in [4.69, 9.17) is 0 Å². The van der Waals surface area contributed by atoms with Crippen molar-refractivity contribution in [2.24, 2.45) is 0 Å². The van der Waals surface area contributed by atoms with Gasteiger partial charge in [0.2, 0.25) is 0 Å². The Morgan fingerprint density at radius 2 is 1.70 bits per heavy atom. The molecule has 3 aromatic rings. The highest BCUT2D eigenvalue weighted by molar-refractivity contribution is 5.94. The molecule has 2 aromatic carbocycles. The maximum Gasteiger partial charge on any atom is 0.312 e. The molecule has 0 aliphatic rings. The molecule has 0 spiro atoms. The summed E-state index contributed by atoms with van der Waals surface area (Å²) in [5, 5.41) is 15.5. The van der Waals surface area contributed by atoms with Gasteiger partial charge in [-0.2, -0.15) is 5.10 Å². The molecule has 0 aliphatic carbocycles. The molecule has 0 aliphatic heterocycles. The molecule has 30 heavy (non-hydrogen) atoms. The first-order chi connectivity index (χ1) is 14.3. The molecule has 7 nitrogen and oxygen atoms in total. The summed E-state index contributed by atoms with van der Waals surface area (Å²) in [7, 11) is 0. The van der Waals surface area contributed by atoms with E-state index in [-0.39, 0.29) is 17.6 Å². The fraction of sp³-hybridized carbons (Fsp3) is 0.304. The second kappa shape index (κ2) is 8.90. The molecule has 0 saturated heterocycles. The highest BCUT2D eigenvalue weighted by atomic mass is 16.6. The van der Waals surface area contributed by atoms with E-state index in [1.54, 1.807) is 30.7 Å². The largest absolute Gasteiger partial charge is 0.332 e. The topological polar surface area (TPSA) is 81.3 Å². The zero-order valence-electron chi connectivity index (χ0n) is 17.7. The van der Waals surface area contributed by atoms with Crippen molar-refractivity contribution >= 4 is 11.6 Å². The van der Waals surface area contributed by atoms with E-state index in [0.717, 1.165) is 11.1 Å². The van der Waals surface area contributed by atoms with Crippen LogP contribution in [-0.4, -0.2) is 31.6 Å². The smallest absolute Gasteiger partial charge is 0.312 e. The van der Waals surface area contributed by atoms with Crippen LogP contribution < -0.4 is 0 Å². The zero-order chi connectivity index (χ0) is 21.8. The quantitative estimate of drug-likeness (QED) is 0.427. The second-order valence-electron chi connectivity index (χ2n) is 7.64. The molecule has 0 saturated carbocycles. The summed E-state index contributed by atoms with van der Waals surface area (Å²) >= 11 is 0. The lowest BCUT2D eigenvalue weighted by atomic mass is 10.1. The van der Waals surface area contributed by atoms with Crippen LogP contribution in [0.3, 0.4) is 0 Å². The van der Waals surface area contributed by atoms with Gasteiger partial charge in [0.1, 0.15) is 11.4 Å². The summed E-state index contributed by atoms with van der Waals surface area (Å²) in [5.74, 6) is -0.0258. The average molecular weight is 406 g/mol. The Balaban J connectivity index is 1.76. The van der Waals surface area contributed by atoms with E-state index in [1.165, 1.54) is 0 Å². The Labute approximate surface area is 176 Å². The molecule has 0 N–H and O–H groups in total. The van der Waals surface area contributed by atoms with Crippen molar-refractivity contribution < 1.29 is 9.72 Å². The van der Waals surface area contributed by atoms with Crippen molar-refractivity contribution in [3.63, 3.8) is 0 Å². The van der Waals surface area contributed by atoms with E-state index in [2.05, 4.69) is 5.10 Å². The second-order valence-corrected chi connectivity index (χ2v) is 7.64. The molecule has 7 heteroatoms. The summed E-state index contributed by atoms with van der Waals surface area (Å²) in [4.78, 5) is 25.7. The monoisotopic (exact) mass is 406 g/mol. The maximum absolute atomic E-state index is 13.1. The maximum atomic E-state index is 13.1. The third-order valence-corrected chi connectivity index (χ3v) is 5.14. The van der Waals surface area contributed by atoms with Crippen LogP contribution in [0.4, 0.5) is 5.69 Å². The Bertz CT molecular complexity index is 1040. The van der Waals surface area contributed by atoms with Crippen LogP contribution in [0.1, 0.15) is 46.7 Å². The SMILES string of the molecule is Cc1nn(Cc2ccc(C(=O)N(Cc3ccccc3)C(C)C)cc2)c(C)c1[N+](=O)[O-]. The number of aromatic nitrogens is 2. The van der Waals surface area contributed by atoms with Crippen LogP contribution in [0.2, 0.25) is 0 Å². The van der Waals surface area contributed by atoms with Gasteiger partial charge in [-0.3, -0.25) is 19.6 Å². The van der Waals surface area contributed by atoms with Gasteiger partial charge in [-0.25, -0.2) is 0 Å². The lowest BCUT2D eigenvalue weighted by molar-refractivity contribution is -0.386. The van der Waals surface area contributed by atoms with Gasteiger partial charge >= 0.3 is 5.69 Å². The van der Waals surface area contributed by atoms with E-state index in [9.17, 15) is 14.9 Å². The molecule has 1 heterocycles. The van der Waals surface area contributed by atoms with E-state index in [0.29, 0.717) is 30.0 Å². The van der Waals surface area contributed by atoms with Gasteiger partial charge in [-0.05, 0) is 51.0 Å². The van der Waals surface area contributed by atoms with Gasteiger partial charge in [-0.1, -0.05) is 42.5 Å². The van der Waals surface area contributed by atoms with Crippen molar-refractivity contribution in [1.82, 2.24) is 14.7 Å². The number of hydrogen-bond acceptors (Lipinski definition) is 4. The number of nitrogens with zero attached hydrogens (tertiary/aromatic N) is 4. The first-order valence-corrected chi connectivity index (χ1v) is 9.90. The number of amides is 1. The number of benzene rings is 2. The molecule has 0 bridgehead atoms. The summed E-state index contributed by atoms with van der Waals surface area (Å²) in [6.45, 7) is 8.30. The van der Waals surface area contributed by atoms with Crippen LogP contribution in [-0.2, 0) is 13.1 Å². The van der Waals surface area contributed by atoms with Crippen LogP contribution in [0.15, 0.2) is 54.6 Å². The first-order valence-electron chi connectivity index (χ1n) is 9.90. The van der Waals surface area contributed by atoms with Crippen molar-refractivity contribution in [2.45, 2.75) is 46.8 Å². The summed E-state index contributed by atoms with van der Waals surface area (Å²) in [5.41, 5.74) is 3.59. The Morgan fingerprint density at radius 1 is 1.07 bits per heavy atom. The molecule has 0 unspecified atom stereocenters. The average Bonchev–Trinajstić information content (AvgIpc) is 3.00. The Morgan fingerprint density at radius 3 is 2.23 bits per heavy atom. The molecular weight excluding hydrogens is 380 g/mol. The highest BCUT2D eigenvalue weighted by Gasteiger charge is 2.22. The lowest BCUT2D eigenvalue weighted by Gasteiger charge is -2.27. The molecule has 1 amide bonds. The third kappa shape index (κ3) is 4.56. The van der Waals surface area contributed by atoms with Gasteiger partial charge < -0.3 is 4.90 Å². The standard InChI is InChI=1S/C23H26N4O3/c1-16(2)25(14-19-8-6-5-7-9-19)23(28)21-12-10-20(11-13-21)15-26-18(4)22(27(29)30)17(3)24-26/h5-13,16H,14-15H2,1-4H3. The van der Waals surface area contributed by atoms with Crippen LogP contribution in [0.25, 0.3) is 0 Å². The van der Waals surface area contributed by atoms with Crippen molar-refractivity contribution in [1.29, 1.82) is 0 Å². The fourth-order valence-electron chi connectivity index (χ4n) is 3.47. The number of aryl methyl sites for hydroxylation is 1. The van der Waals surface area contributed by atoms with Gasteiger partial charge in [-0.15, -0.1) is 0 Å². The van der Waals surface area contributed by atoms with Crippen molar-refractivity contribution in [2.75, 3.05) is 0 Å². The third-order valence-electron chi connectivity index (χ3n) is 5.14. The number of hydrogen-bond donors (Lipinski definition) is 0. The van der Waals surface area contributed by atoms with Crippen LogP contribution in [0, 0.1) is 24.0 Å². The van der Waals surface area contributed by atoms with E-state index >= 15 is 0 Å². The Kier molecular flexibility index (Phi) is 6.30. The molecule has 1 aromatic heterocycles. The predicted molar refractivity (Wildman–Crippen MR) is 115 cm³/mol.